The van der Waals surface area contributed by atoms with Crippen LogP contribution < -0.4 is 0 Å². The fraction of sp³-hybridized carbons (Fsp3) is 0.333. The summed E-state index contributed by atoms with van der Waals surface area (Å²) in [5, 5.41) is 9.76. The van der Waals surface area contributed by atoms with Crippen LogP contribution in [-0.4, -0.2) is 27.5 Å². The lowest BCUT2D eigenvalue weighted by atomic mass is 9.96. The Morgan fingerprint density at radius 3 is 2.59 bits per heavy atom. The van der Waals surface area contributed by atoms with Gasteiger partial charge in [-0.1, -0.05) is 35.9 Å². The van der Waals surface area contributed by atoms with Crippen molar-refractivity contribution in [2.24, 2.45) is 5.92 Å². The van der Waals surface area contributed by atoms with E-state index in [0.29, 0.717) is 11.5 Å². The Balaban J connectivity index is 1.31. The number of rotatable bonds is 6. The van der Waals surface area contributed by atoms with E-state index in [1.54, 1.807) is 0 Å². The van der Waals surface area contributed by atoms with E-state index in [-0.39, 0.29) is 0 Å². The predicted octanol–water partition coefficient (Wildman–Crippen LogP) is 4.91. The third-order valence-corrected chi connectivity index (χ3v) is 5.96. The van der Waals surface area contributed by atoms with Crippen LogP contribution >= 0.6 is 11.6 Å². The summed E-state index contributed by atoms with van der Waals surface area (Å²) in [4.78, 5) is 6.91. The van der Waals surface area contributed by atoms with Crippen molar-refractivity contribution in [3.63, 3.8) is 0 Å². The normalized spacial score (nSPS) is 15.3. The maximum absolute atomic E-state index is 8.95. The first kappa shape index (κ1) is 19.7. The molecule has 1 saturated heterocycles. The average molecular weight is 405 g/mol. The molecule has 1 aromatic heterocycles. The van der Waals surface area contributed by atoms with E-state index in [0.717, 1.165) is 37.6 Å². The molecule has 148 valence electrons. The van der Waals surface area contributed by atoms with Gasteiger partial charge in [0.2, 0.25) is 0 Å². The molecule has 3 aromatic rings. The van der Waals surface area contributed by atoms with Crippen molar-refractivity contribution >= 4 is 11.6 Å². The molecule has 0 saturated carbocycles. The third-order valence-electron chi connectivity index (χ3n) is 5.72. The van der Waals surface area contributed by atoms with Crippen molar-refractivity contribution in [2.75, 3.05) is 13.1 Å². The lowest BCUT2D eigenvalue weighted by molar-refractivity contribution is 0.166. The molecule has 1 fully saturated rings. The summed E-state index contributed by atoms with van der Waals surface area (Å²) < 4.78 is 2.30. The van der Waals surface area contributed by atoms with Crippen molar-refractivity contribution < 1.29 is 0 Å². The minimum absolute atomic E-state index is 0.680. The highest BCUT2D eigenvalue weighted by molar-refractivity contribution is 6.30. The van der Waals surface area contributed by atoms with Crippen molar-refractivity contribution in [1.82, 2.24) is 14.5 Å². The molecular formula is C24H25ClN4. The van der Waals surface area contributed by atoms with E-state index in [9.17, 15) is 0 Å². The number of aromatic nitrogens is 2. The molecule has 2 heterocycles. The zero-order valence-corrected chi connectivity index (χ0v) is 17.2. The lowest BCUT2D eigenvalue weighted by Crippen LogP contribution is -2.34. The average Bonchev–Trinajstić information content (AvgIpc) is 3.16. The molecule has 0 N–H and O–H groups in total. The number of nitriles is 1. The van der Waals surface area contributed by atoms with Gasteiger partial charge in [-0.2, -0.15) is 5.26 Å². The van der Waals surface area contributed by atoms with E-state index < -0.39 is 0 Å². The van der Waals surface area contributed by atoms with Crippen LogP contribution in [0.4, 0.5) is 0 Å². The van der Waals surface area contributed by atoms with Gasteiger partial charge in [0.05, 0.1) is 18.0 Å². The third kappa shape index (κ3) is 5.26. The van der Waals surface area contributed by atoms with E-state index in [2.05, 4.69) is 32.7 Å². The Hall–Kier alpha value is -2.61. The summed E-state index contributed by atoms with van der Waals surface area (Å²) in [5.41, 5.74) is 4.43. The largest absolute Gasteiger partial charge is 0.334 e. The van der Waals surface area contributed by atoms with Crippen molar-refractivity contribution in [3.05, 3.63) is 88.5 Å². The summed E-state index contributed by atoms with van der Waals surface area (Å²) in [7, 11) is 0. The maximum Gasteiger partial charge on any atom is 0.0991 e. The van der Waals surface area contributed by atoms with Gasteiger partial charge >= 0.3 is 0 Å². The standard InChI is InChI=1S/C24H25ClN4/c25-23-3-1-2-22(12-23)16-28-10-8-21(9-11-28)17-29-18-27-15-24(29)13-19-4-6-20(14-26)7-5-19/h1-7,12,15,18,21H,8-11,13,16-17H2. The number of hydrogen-bond acceptors (Lipinski definition) is 3. The van der Waals surface area contributed by atoms with E-state index in [4.69, 9.17) is 16.9 Å². The molecule has 0 aliphatic carbocycles. The number of halogens is 1. The number of hydrogen-bond donors (Lipinski definition) is 0. The summed E-state index contributed by atoms with van der Waals surface area (Å²) in [6.45, 7) is 4.24. The molecule has 2 aromatic carbocycles. The van der Waals surface area contributed by atoms with Crippen LogP contribution in [0, 0.1) is 17.2 Å². The molecule has 1 aliphatic heterocycles. The number of nitrogens with zero attached hydrogens (tertiary/aromatic N) is 4. The molecule has 5 heteroatoms. The second-order valence-corrected chi connectivity index (χ2v) is 8.31. The van der Waals surface area contributed by atoms with Crippen LogP contribution in [0.25, 0.3) is 0 Å². The Labute approximate surface area is 177 Å². The SMILES string of the molecule is N#Cc1ccc(Cc2cncn2CC2CCN(Cc3cccc(Cl)c3)CC2)cc1. The van der Waals surface area contributed by atoms with Gasteiger partial charge in [-0.25, -0.2) is 4.98 Å². The van der Waals surface area contributed by atoms with Crippen LogP contribution in [0.15, 0.2) is 61.1 Å². The smallest absolute Gasteiger partial charge is 0.0991 e. The van der Waals surface area contributed by atoms with Crippen LogP contribution in [0.1, 0.15) is 35.2 Å². The summed E-state index contributed by atoms with van der Waals surface area (Å²) in [5.74, 6) is 0.680. The van der Waals surface area contributed by atoms with E-state index in [1.165, 1.54) is 29.7 Å². The zero-order chi connectivity index (χ0) is 20.1. The summed E-state index contributed by atoms with van der Waals surface area (Å²) in [6, 6.07) is 18.2. The first-order chi connectivity index (χ1) is 14.2. The van der Waals surface area contributed by atoms with Crippen LogP contribution in [0.5, 0.6) is 0 Å². The molecule has 1 aliphatic rings. The van der Waals surface area contributed by atoms with Crippen LogP contribution in [0.2, 0.25) is 5.02 Å². The first-order valence-electron chi connectivity index (χ1n) is 10.1. The molecule has 4 rings (SSSR count). The fourth-order valence-corrected chi connectivity index (χ4v) is 4.28. The van der Waals surface area contributed by atoms with Gasteiger partial charge in [-0.3, -0.25) is 4.90 Å². The van der Waals surface area contributed by atoms with Crippen molar-refractivity contribution in [3.8, 4) is 6.07 Å². The molecule has 0 spiro atoms. The Kier molecular flexibility index (Phi) is 6.29. The van der Waals surface area contributed by atoms with E-state index in [1.807, 2.05) is 48.9 Å². The number of benzene rings is 2. The van der Waals surface area contributed by atoms with Gasteiger partial charge in [0.25, 0.3) is 0 Å². The highest BCUT2D eigenvalue weighted by Gasteiger charge is 2.20. The predicted molar refractivity (Wildman–Crippen MR) is 116 cm³/mol. The van der Waals surface area contributed by atoms with Crippen LogP contribution in [-0.2, 0) is 19.5 Å². The number of imidazole rings is 1. The monoisotopic (exact) mass is 404 g/mol. The molecule has 0 unspecified atom stereocenters. The Morgan fingerprint density at radius 1 is 1.07 bits per heavy atom. The van der Waals surface area contributed by atoms with E-state index >= 15 is 0 Å². The molecule has 29 heavy (non-hydrogen) atoms. The molecule has 0 bridgehead atoms. The zero-order valence-electron chi connectivity index (χ0n) is 16.5. The Bertz CT molecular complexity index is 979. The van der Waals surface area contributed by atoms with Gasteiger partial charge in [-0.15, -0.1) is 0 Å². The topological polar surface area (TPSA) is 44.9 Å². The molecule has 0 amide bonds. The van der Waals surface area contributed by atoms with Gasteiger partial charge in [0.1, 0.15) is 0 Å². The fourth-order valence-electron chi connectivity index (χ4n) is 4.06. The summed E-state index contributed by atoms with van der Waals surface area (Å²) in [6.07, 6.45) is 7.17. The second kappa shape index (κ2) is 9.26. The quantitative estimate of drug-likeness (QED) is 0.586. The van der Waals surface area contributed by atoms with Gasteiger partial charge in [0, 0.05) is 36.4 Å². The molecule has 4 nitrogen and oxygen atoms in total. The van der Waals surface area contributed by atoms with Gasteiger partial charge < -0.3 is 4.57 Å². The number of likely N-dealkylation sites (tertiary alicyclic amines) is 1. The lowest BCUT2D eigenvalue weighted by Gasteiger charge is -2.32. The minimum atomic E-state index is 0.680. The van der Waals surface area contributed by atoms with Crippen molar-refractivity contribution in [2.45, 2.75) is 32.4 Å². The Morgan fingerprint density at radius 2 is 1.86 bits per heavy atom. The minimum Gasteiger partial charge on any atom is -0.334 e. The maximum atomic E-state index is 8.95. The highest BCUT2D eigenvalue weighted by atomic mass is 35.5. The highest BCUT2D eigenvalue weighted by Crippen LogP contribution is 2.23. The van der Waals surface area contributed by atoms with Gasteiger partial charge in [0.15, 0.2) is 0 Å². The number of piperidine rings is 1. The summed E-state index contributed by atoms with van der Waals surface area (Å²) >= 11 is 6.11. The second-order valence-electron chi connectivity index (χ2n) is 7.87. The molecular weight excluding hydrogens is 380 g/mol. The van der Waals surface area contributed by atoms with Crippen LogP contribution in [0.3, 0.4) is 0 Å². The molecule has 0 radical (unpaired) electrons. The molecule has 0 atom stereocenters. The van der Waals surface area contributed by atoms with Gasteiger partial charge in [-0.05, 0) is 67.2 Å². The first-order valence-corrected chi connectivity index (χ1v) is 10.5. The van der Waals surface area contributed by atoms with Crippen molar-refractivity contribution in [1.29, 1.82) is 5.26 Å².